The summed E-state index contributed by atoms with van der Waals surface area (Å²) in [5.41, 5.74) is 3.29. The Hall–Kier alpha value is -1.77. The highest BCUT2D eigenvalue weighted by Gasteiger charge is 2.05. The standard InChI is InChI=1S/C13H16O3/c1-9-7-10(2)11(12(8-9)16-3)5-4-6-13(14)15/h4,6-8H,5H2,1-3H3,(H,14,15)/b6-4+. The van der Waals surface area contributed by atoms with Gasteiger partial charge in [-0.2, -0.15) is 0 Å². The lowest BCUT2D eigenvalue weighted by Gasteiger charge is -2.11. The maximum absolute atomic E-state index is 10.4. The highest BCUT2D eigenvalue weighted by atomic mass is 16.5. The van der Waals surface area contributed by atoms with Gasteiger partial charge in [-0.1, -0.05) is 12.1 Å². The van der Waals surface area contributed by atoms with Crippen molar-refractivity contribution >= 4 is 5.97 Å². The van der Waals surface area contributed by atoms with E-state index in [9.17, 15) is 4.79 Å². The van der Waals surface area contributed by atoms with E-state index < -0.39 is 5.97 Å². The van der Waals surface area contributed by atoms with Crippen molar-refractivity contribution in [2.75, 3.05) is 7.11 Å². The van der Waals surface area contributed by atoms with Crippen LogP contribution in [-0.2, 0) is 11.2 Å². The summed E-state index contributed by atoms with van der Waals surface area (Å²) in [6, 6.07) is 4.02. The van der Waals surface area contributed by atoms with Crippen LogP contribution >= 0.6 is 0 Å². The number of carboxylic acids is 1. The van der Waals surface area contributed by atoms with Crippen LogP contribution in [0.4, 0.5) is 0 Å². The Bertz CT molecular complexity index is 419. The van der Waals surface area contributed by atoms with Crippen LogP contribution in [0.2, 0.25) is 0 Å². The predicted octanol–water partition coefficient (Wildman–Crippen LogP) is 2.50. The normalized spacial score (nSPS) is 10.7. The minimum Gasteiger partial charge on any atom is -0.496 e. The molecule has 0 bridgehead atoms. The van der Waals surface area contributed by atoms with Crippen LogP contribution < -0.4 is 4.74 Å². The third-order valence-electron chi connectivity index (χ3n) is 2.38. The van der Waals surface area contributed by atoms with Crippen LogP contribution in [0.15, 0.2) is 24.3 Å². The Morgan fingerprint density at radius 2 is 2.12 bits per heavy atom. The minimum atomic E-state index is -0.927. The molecule has 3 nitrogen and oxygen atoms in total. The summed E-state index contributed by atoms with van der Waals surface area (Å²) in [7, 11) is 1.62. The van der Waals surface area contributed by atoms with Gasteiger partial charge >= 0.3 is 5.97 Å². The first-order chi connectivity index (χ1) is 7.54. The van der Waals surface area contributed by atoms with E-state index in [0.717, 1.165) is 28.5 Å². The van der Waals surface area contributed by atoms with Crippen molar-refractivity contribution in [3.05, 3.63) is 41.0 Å². The number of carbonyl (C=O) groups is 1. The maximum Gasteiger partial charge on any atom is 0.327 e. The molecule has 1 aromatic rings. The van der Waals surface area contributed by atoms with Gasteiger partial charge in [-0.3, -0.25) is 0 Å². The topological polar surface area (TPSA) is 46.5 Å². The second-order valence-electron chi connectivity index (χ2n) is 3.71. The number of hydrogen-bond acceptors (Lipinski definition) is 2. The molecular weight excluding hydrogens is 204 g/mol. The molecular formula is C13H16O3. The number of aryl methyl sites for hydroxylation is 2. The maximum atomic E-state index is 10.4. The lowest BCUT2D eigenvalue weighted by atomic mass is 10.0. The second-order valence-corrected chi connectivity index (χ2v) is 3.71. The molecule has 0 saturated carbocycles. The van der Waals surface area contributed by atoms with Gasteiger partial charge in [0.1, 0.15) is 5.75 Å². The molecule has 0 fully saturated rings. The fourth-order valence-corrected chi connectivity index (χ4v) is 1.68. The fourth-order valence-electron chi connectivity index (χ4n) is 1.68. The van der Waals surface area contributed by atoms with Gasteiger partial charge in [0.2, 0.25) is 0 Å². The average molecular weight is 220 g/mol. The van der Waals surface area contributed by atoms with Gasteiger partial charge in [0.15, 0.2) is 0 Å². The number of methoxy groups -OCH3 is 1. The van der Waals surface area contributed by atoms with Crippen LogP contribution in [0.25, 0.3) is 0 Å². The van der Waals surface area contributed by atoms with E-state index >= 15 is 0 Å². The molecule has 0 aliphatic carbocycles. The minimum absolute atomic E-state index is 0.571. The van der Waals surface area contributed by atoms with Crippen molar-refractivity contribution in [3.8, 4) is 5.75 Å². The van der Waals surface area contributed by atoms with Crippen LogP contribution in [-0.4, -0.2) is 18.2 Å². The third-order valence-corrected chi connectivity index (χ3v) is 2.38. The van der Waals surface area contributed by atoms with Gasteiger partial charge in [0.25, 0.3) is 0 Å². The number of rotatable bonds is 4. The number of hydrogen-bond donors (Lipinski definition) is 1. The highest BCUT2D eigenvalue weighted by molar-refractivity contribution is 5.79. The summed E-state index contributed by atoms with van der Waals surface area (Å²) >= 11 is 0. The molecule has 0 atom stereocenters. The quantitative estimate of drug-likeness (QED) is 0.793. The van der Waals surface area contributed by atoms with E-state index in [-0.39, 0.29) is 0 Å². The first-order valence-corrected chi connectivity index (χ1v) is 5.08. The first kappa shape index (κ1) is 12.3. The van der Waals surface area contributed by atoms with Crippen molar-refractivity contribution in [3.63, 3.8) is 0 Å². The molecule has 1 aromatic carbocycles. The van der Waals surface area contributed by atoms with Gasteiger partial charge in [0, 0.05) is 11.6 Å². The summed E-state index contributed by atoms with van der Waals surface area (Å²) in [5, 5.41) is 8.51. The van der Waals surface area contributed by atoms with Crippen molar-refractivity contribution in [2.24, 2.45) is 0 Å². The van der Waals surface area contributed by atoms with Gasteiger partial charge in [0.05, 0.1) is 7.11 Å². The fraction of sp³-hybridized carbons (Fsp3) is 0.308. The number of benzene rings is 1. The third kappa shape index (κ3) is 3.12. The summed E-state index contributed by atoms with van der Waals surface area (Å²) in [6.07, 6.45) is 3.35. The van der Waals surface area contributed by atoms with E-state index in [2.05, 4.69) is 6.07 Å². The molecule has 0 radical (unpaired) electrons. The molecule has 0 aromatic heterocycles. The van der Waals surface area contributed by atoms with Crippen LogP contribution in [0.3, 0.4) is 0 Å². The molecule has 0 heterocycles. The zero-order valence-electron chi connectivity index (χ0n) is 9.78. The van der Waals surface area contributed by atoms with E-state index in [1.165, 1.54) is 0 Å². The molecule has 0 aliphatic heterocycles. The van der Waals surface area contributed by atoms with Crippen molar-refractivity contribution < 1.29 is 14.6 Å². The van der Waals surface area contributed by atoms with Gasteiger partial charge in [-0.15, -0.1) is 0 Å². The highest BCUT2D eigenvalue weighted by Crippen LogP contribution is 2.24. The van der Waals surface area contributed by atoms with E-state index in [4.69, 9.17) is 9.84 Å². The van der Waals surface area contributed by atoms with Gasteiger partial charge in [-0.25, -0.2) is 4.79 Å². The Morgan fingerprint density at radius 1 is 1.44 bits per heavy atom. The lowest BCUT2D eigenvalue weighted by Crippen LogP contribution is -1.96. The van der Waals surface area contributed by atoms with E-state index in [1.807, 2.05) is 19.9 Å². The summed E-state index contributed by atoms with van der Waals surface area (Å²) < 4.78 is 5.28. The van der Waals surface area contributed by atoms with E-state index in [1.54, 1.807) is 13.2 Å². The van der Waals surface area contributed by atoms with Crippen LogP contribution in [0.1, 0.15) is 16.7 Å². The SMILES string of the molecule is COc1cc(C)cc(C)c1C/C=C/C(=O)O. The van der Waals surface area contributed by atoms with Crippen LogP contribution in [0, 0.1) is 13.8 Å². The predicted molar refractivity (Wildman–Crippen MR) is 62.9 cm³/mol. The zero-order chi connectivity index (χ0) is 12.1. The van der Waals surface area contributed by atoms with E-state index in [0.29, 0.717) is 6.42 Å². The monoisotopic (exact) mass is 220 g/mol. The van der Waals surface area contributed by atoms with Gasteiger partial charge < -0.3 is 9.84 Å². The number of carboxylic acid groups (broad SMARTS) is 1. The average Bonchev–Trinajstić information content (AvgIpc) is 2.20. The summed E-state index contributed by atoms with van der Waals surface area (Å²) in [6.45, 7) is 4.01. The van der Waals surface area contributed by atoms with Crippen LogP contribution in [0.5, 0.6) is 5.75 Å². The molecule has 0 spiro atoms. The van der Waals surface area contributed by atoms with Crippen molar-refractivity contribution in [1.29, 1.82) is 0 Å². The number of aliphatic carboxylic acids is 1. The lowest BCUT2D eigenvalue weighted by molar-refractivity contribution is -0.131. The largest absolute Gasteiger partial charge is 0.496 e. The number of ether oxygens (including phenoxy) is 1. The van der Waals surface area contributed by atoms with Gasteiger partial charge in [-0.05, 0) is 37.5 Å². The second kappa shape index (κ2) is 5.35. The summed E-state index contributed by atoms with van der Waals surface area (Å²) in [4.78, 5) is 10.4. The molecule has 16 heavy (non-hydrogen) atoms. The molecule has 1 rings (SSSR count). The Kier molecular flexibility index (Phi) is 4.11. The molecule has 0 saturated heterocycles. The van der Waals surface area contributed by atoms with Crippen molar-refractivity contribution in [2.45, 2.75) is 20.3 Å². The summed E-state index contributed by atoms with van der Waals surface area (Å²) in [5.74, 6) is -0.115. The molecule has 0 amide bonds. The molecule has 3 heteroatoms. The zero-order valence-corrected chi connectivity index (χ0v) is 9.78. The smallest absolute Gasteiger partial charge is 0.327 e. The Labute approximate surface area is 95.4 Å². The molecule has 86 valence electrons. The molecule has 0 aliphatic rings. The first-order valence-electron chi connectivity index (χ1n) is 5.08. The van der Waals surface area contributed by atoms with Crippen molar-refractivity contribution in [1.82, 2.24) is 0 Å². The molecule has 0 unspecified atom stereocenters. The molecule has 1 N–H and O–H groups in total. The number of allylic oxidation sites excluding steroid dienone is 1. The Morgan fingerprint density at radius 3 is 2.69 bits per heavy atom. The Balaban J connectivity index is 2.98.